The van der Waals surface area contributed by atoms with Crippen LogP contribution in [0.5, 0.6) is 0 Å². The molecule has 0 spiro atoms. The lowest BCUT2D eigenvalue weighted by Crippen LogP contribution is -1.87. The Morgan fingerprint density at radius 1 is 0.714 bits per heavy atom. The molecule has 0 bridgehead atoms. The maximum Gasteiger partial charge on any atom is 0.135 e. The summed E-state index contributed by atoms with van der Waals surface area (Å²) >= 11 is 5.93. The highest BCUT2D eigenvalue weighted by atomic mass is 35.5. The number of rotatable bonds is 2. The average Bonchev–Trinajstić information content (AvgIpc) is 2.88. The molecule has 1 heterocycles. The summed E-state index contributed by atoms with van der Waals surface area (Å²) < 4.78 is 5.86. The van der Waals surface area contributed by atoms with E-state index in [-0.39, 0.29) is 0 Å². The molecular weight excluding hydrogens is 280 g/mol. The molecule has 0 saturated carbocycles. The Morgan fingerprint density at radius 3 is 2.29 bits per heavy atom. The summed E-state index contributed by atoms with van der Waals surface area (Å²) in [5, 5.41) is 3.12. The van der Waals surface area contributed by atoms with Crippen molar-refractivity contribution in [2.75, 3.05) is 0 Å². The smallest absolute Gasteiger partial charge is 0.135 e. The van der Waals surface area contributed by atoms with Crippen LogP contribution < -0.4 is 0 Å². The van der Waals surface area contributed by atoms with Crippen molar-refractivity contribution in [3.63, 3.8) is 0 Å². The maximum absolute atomic E-state index is 5.93. The average molecular weight is 293 g/mol. The number of halogens is 1. The first-order valence-corrected chi connectivity index (χ1v) is 7.32. The van der Waals surface area contributed by atoms with Gasteiger partial charge in [-0.05, 0) is 47.9 Å². The molecule has 0 unspecified atom stereocenters. The molecule has 2 heteroatoms. The highest BCUT2D eigenvalue weighted by molar-refractivity contribution is 6.30. The quantitative estimate of drug-likeness (QED) is 0.453. The van der Waals surface area contributed by atoms with Gasteiger partial charge in [-0.15, -0.1) is 0 Å². The summed E-state index contributed by atoms with van der Waals surface area (Å²) in [5.74, 6) is 0. The van der Waals surface area contributed by atoms with Crippen molar-refractivity contribution in [1.29, 1.82) is 0 Å². The van der Waals surface area contributed by atoms with Gasteiger partial charge in [0.1, 0.15) is 11.2 Å². The molecule has 0 aliphatic rings. The number of benzene rings is 3. The van der Waals surface area contributed by atoms with E-state index in [2.05, 4.69) is 36.4 Å². The molecule has 0 radical (unpaired) electrons. The number of para-hydroxylation sites is 1. The van der Waals surface area contributed by atoms with Crippen LogP contribution in [0.15, 0.2) is 71.1 Å². The highest BCUT2D eigenvalue weighted by Crippen LogP contribution is 2.29. The van der Waals surface area contributed by atoms with Gasteiger partial charge >= 0.3 is 0 Å². The van der Waals surface area contributed by atoms with Crippen LogP contribution in [0.3, 0.4) is 0 Å². The second-order valence-corrected chi connectivity index (χ2v) is 5.67. The van der Waals surface area contributed by atoms with Crippen LogP contribution in [0.25, 0.3) is 21.9 Å². The van der Waals surface area contributed by atoms with E-state index >= 15 is 0 Å². The molecule has 102 valence electrons. The minimum atomic E-state index is 0.773. The first kappa shape index (κ1) is 12.5. The fourth-order valence-electron chi connectivity index (χ4n) is 2.72. The van der Waals surface area contributed by atoms with Crippen molar-refractivity contribution in [1.82, 2.24) is 0 Å². The summed E-state index contributed by atoms with van der Waals surface area (Å²) in [6.07, 6.45) is 0.895. The zero-order valence-electron chi connectivity index (χ0n) is 11.3. The molecule has 0 aliphatic carbocycles. The van der Waals surface area contributed by atoms with E-state index in [0.717, 1.165) is 22.6 Å². The van der Waals surface area contributed by atoms with Gasteiger partial charge in [0.15, 0.2) is 0 Å². The molecule has 0 N–H and O–H groups in total. The molecule has 0 saturated heterocycles. The second-order valence-electron chi connectivity index (χ2n) is 5.23. The minimum Gasteiger partial charge on any atom is -0.456 e. The largest absolute Gasteiger partial charge is 0.456 e. The fraction of sp³-hybridized carbons (Fsp3) is 0.0526. The number of furan rings is 1. The molecule has 1 nitrogen and oxygen atoms in total. The van der Waals surface area contributed by atoms with Crippen molar-refractivity contribution >= 4 is 33.5 Å². The molecular formula is C19H13ClO. The van der Waals surface area contributed by atoms with Gasteiger partial charge in [-0.3, -0.25) is 0 Å². The summed E-state index contributed by atoms with van der Waals surface area (Å²) in [5.41, 5.74) is 4.41. The third kappa shape index (κ3) is 2.30. The molecule has 0 atom stereocenters. The molecule has 0 aliphatic heterocycles. The predicted molar refractivity (Wildman–Crippen MR) is 88.0 cm³/mol. The van der Waals surface area contributed by atoms with E-state index in [1.165, 1.54) is 21.9 Å². The Labute approximate surface area is 127 Å². The Morgan fingerprint density at radius 2 is 1.43 bits per heavy atom. The summed E-state index contributed by atoms with van der Waals surface area (Å²) in [6, 6.07) is 22.6. The van der Waals surface area contributed by atoms with E-state index < -0.39 is 0 Å². The summed E-state index contributed by atoms with van der Waals surface area (Å²) in [4.78, 5) is 0. The fourth-order valence-corrected chi connectivity index (χ4v) is 2.85. The van der Waals surface area contributed by atoms with Gasteiger partial charge in [0, 0.05) is 15.8 Å². The van der Waals surface area contributed by atoms with Crippen LogP contribution in [0.2, 0.25) is 5.02 Å². The van der Waals surface area contributed by atoms with Gasteiger partial charge in [-0.1, -0.05) is 48.0 Å². The summed E-state index contributed by atoms with van der Waals surface area (Å²) in [6.45, 7) is 0. The predicted octanol–water partition coefficient (Wildman–Crippen LogP) is 5.83. The van der Waals surface area contributed by atoms with Gasteiger partial charge < -0.3 is 4.42 Å². The van der Waals surface area contributed by atoms with Crippen molar-refractivity contribution in [3.05, 3.63) is 82.9 Å². The van der Waals surface area contributed by atoms with Gasteiger partial charge in [-0.2, -0.15) is 0 Å². The van der Waals surface area contributed by atoms with E-state index in [0.29, 0.717) is 0 Å². The van der Waals surface area contributed by atoms with Gasteiger partial charge in [0.2, 0.25) is 0 Å². The van der Waals surface area contributed by atoms with Crippen LogP contribution in [-0.2, 0) is 6.42 Å². The van der Waals surface area contributed by atoms with Crippen molar-refractivity contribution in [2.24, 2.45) is 0 Å². The molecule has 4 rings (SSSR count). The zero-order chi connectivity index (χ0) is 14.2. The van der Waals surface area contributed by atoms with E-state index in [4.69, 9.17) is 16.0 Å². The zero-order valence-corrected chi connectivity index (χ0v) is 12.1. The van der Waals surface area contributed by atoms with Crippen LogP contribution in [0, 0.1) is 0 Å². The van der Waals surface area contributed by atoms with Crippen molar-refractivity contribution in [3.8, 4) is 0 Å². The number of hydrogen-bond donors (Lipinski definition) is 0. The lowest BCUT2D eigenvalue weighted by Gasteiger charge is -2.02. The third-order valence-corrected chi connectivity index (χ3v) is 4.01. The van der Waals surface area contributed by atoms with Crippen LogP contribution >= 0.6 is 11.6 Å². The second kappa shape index (κ2) is 4.94. The van der Waals surface area contributed by atoms with E-state index in [1.807, 2.05) is 30.3 Å². The van der Waals surface area contributed by atoms with Crippen molar-refractivity contribution < 1.29 is 4.42 Å². The van der Waals surface area contributed by atoms with Crippen LogP contribution in [0.1, 0.15) is 11.1 Å². The van der Waals surface area contributed by atoms with Gasteiger partial charge in [0.25, 0.3) is 0 Å². The molecule has 3 aromatic carbocycles. The Hall–Kier alpha value is -2.25. The molecule has 0 fully saturated rings. The van der Waals surface area contributed by atoms with Crippen LogP contribution in [0.4, 0.5) is 0 Å². The monoisotopic (exact) mass is 292 g/mol. The highest BCUT2D eigenvalue weighted by Gasteiger charge is 2.07. The Balaban J connectivity index is 1.79. The molecule has 21 heavy (non-hydrogen) atoms. The van der Waals surface area contributed by atoms with Crippen molar-refractivity contribution in [2.45, 2.75) is 6.42 Å². The minimum absolute atomic E-state index is 0.773. The Bertz CT molecular complexity index is 919. The topological polar surface area (TPSA) is 13.1 Å². The van der Waals surface area contributed by atoms with E-state index in [1.54, 1.807) is 0 Å². The summed E-state index contributed by atoms with van der Waals surface area (Å²) in [7, 11) is 0. The van der Waals surface area contributed by atoms with Gasteiger partial charge in [-0.25, -0.2) is 0 Å². The molecule has 4 aromatic rings. The lowest BCUT2D eigenvalue weighted by atomic mass is 10.0. The van der Waals surface area contributed by atoms with E-state index in [9.17, 15) is 0 Å². The first-order chi connectivity index (χ1) is 10.3. The third-order valence-electron chi connectivity index (χ3n) is 3.76. The molecule has 1 aromatic heterocycles. The van der Waals surface area contributed by atoms with Crippen LogP contribution in [-0.4, -0.2) is 0 Å². The molecule has 0 amide bonds. The lowest BCUT2D eigenvalue weighted by molar-refractivity contribution is 0.669. The SMILES string of the molecule is Clc1ccc(Cc2ccc3oc4ccccc4c3c2)cc1. The number of fused-ring (bicyclic) bond motifs is 3. The van der Waals surface area contributed by atoms with Gasteiger partial charge in [0.05, 0.1) is 0 Å². The number of hydrogen-bond acceptors (Lipinski definition) is 1. The maximum atomic E-state index is 5.93. The first-order valence-electron chi connectivity index (χ1n) is 6.94. The Kier molecular flexibility index (Phi) is 2.94. The normalized spacial score (nSPS) is 11.3. The standard InChI is InChI=1S/C19H13ClO/c20-15-8-5-13(6-9-15)11-14-7-10-19-17(12-14)16-3-1-2-4-18(16)21-19/h1-10,12H,11H2.